The van der Waals surface area contributed by atoms with E-state index in [1.54, 1.807) is 5.56 Å². The SMILES string of the molecule is CNCC1(Cc2cc(C(C)(C)C)ccc2C)CC1. The van der Waals surface area contributed by atoms with Gasteiger partial charge in [0.2, 0.25) is 0 Å². The molecule has 0 aromatic heterocycles. The molecule has 18 heavy (non-hydrogen) atoms. The van der Waals surface area contributed by atoms with E-state index in [1.807, 2.05) is 0 Å². The summed E-state index contributed by atoms with van der Waals surface area (Å²) >= 11 is 0. The van der Waals surface area contributed by atoms with Gasteiger partial charge in [0.25, 0.3) is 0 Å². The number of hydrogen-bond donors (Lipinski definition) is 1. The third-order valence-electron chi connectivity index (χ3n) is 4.29. The molecule has 0 atom stereocenters. The van der Waals surface area contributed by atoms with Gasteiger partial charge < -0.3 is 5.32 Å². The van der Waals surface area contributed by atoms with Crippen LogP contribution in [0.2, 0.25) is 0 Å². The Morgan fingerprint density at radius 2 is 1.89 bits per heavy atom. The van der Waals surface area contributed by atoms with Crippen molar-refractivity contribution in [2.45, 2.75) is 52.4 Å². The molecule has 1 aliphatic carbocycles. The van der Waals surface area contributed by atoms with Crippen LogP contribution in [-0.2, 0) is 11.8 Å². The minimum absolute atomic E-state index is 0.252. The van der Waals surface area contributed by atoms with Crippen molar-refractivity contribution in [2.75, 3.05) is 13.6 Å². The van der Waals surface area contributed by atoms with E-state index >= 15 is 0 Å². The van der Waals surface area contributed by atoms with E-state index in [9.17, 15) is 0 Å². The molecule has 1 aliphatic rings. The third kappa shape index (κ3) is 2.95. The van der Waals surface area contributed by atoms with Crippen molar-refractivity contribution >= 4 is 0 Å². The zero-order valence-electron chi connectivity index (χ0n) is 12.6. The van der Waals surface area contributed by atoms with Crippen molar-refractivity contribution in [3.63, 3.8) is 0 Å². The second kappa shape index (κ2) is 4.70. The Morgan fingerprint density at radius 1 is 1.22 bits per heavy atom. The zero-order valence-corrected chi connectivity index (χ0v) is 12.6. The quantitative estimate of drug-likeness (QED) is 0.850. The molecule has 100 valence electrons. The van der Waals surface area contributed by atoms with Crippen LogP contribution in [0.3, 0.4) is 0 Å². The monoisotopic (exact) mass is 245 g/mol. The standard InChI is InChI=1S/C17H27N/c1-13-6-7-15(16(2,3)4)10-14(13)11-17(8-9-17)12-18-5/h6-7,10,18H,8-9,11-12H2,1-5H3. The first-order valence-corrected chi connectivity index (χ1v) is 7.11. The van der Waals surface area contributed by atoms with E-state index in [0.717, 1.165) is 6.54 Å². The minimum Gasteiger partial charge on any atom is -0.319 e. The number of nitrogens with one attached hydrogen (secondary N) is 1. The highest BCUT2D eigenvalue weighted by Gasteiger charge is 2.41. The van der Waals surface area contributed by atoms with Crippen molar-refractivity contribution in [1.82, 2.24) is 5.32 Å². The van der Waals surface area contributed by atoms with Crippen molar-refractivity contribution in [3.05, 3.63) is 34.9 Å². The lowest BCUT2D eigenvalue weighted by atomic mass is 9.83. The van der Waals surface area contributed by atoms with Gasteiger partial charge in [-0.1, -0.05) is 39.0 Å². The molecule has 2 rings (SSSR count). The maximum Gasteiger partial charge on any atom is 0.000800 e. The predicted octanol–water partition coefficient (Wildman–Crippen LogP) is 3.83. The molecule has 0 radical (unpaired) electrons. The highest BCUT2D eigenvalue weighted by atomic mass is 14.8. The minimum atomic E-state index is 0.252. The highest BCUT2D eigenvalue weighted by molar-refractivity contribution is 5.35. The molecule has 0 aliphatic heterocycles. The molecule has 0 amide bonds. The first-order chi connectivity index (χ1) is 8.36. The van der Waals surface area contributed by atoms with E-state index in [1.165, 1.54) is 30.4 Å². The van der Waals surface area contributed by atoms with E-state index in [0.29, 0.717) is 5.41 Å². The molecule has 0 spiro atoms. The number of benzene rings is 1. The topological polar surface area (TPSA) is 12.0 Å². The van der Waals surface area contributed by atoms with Gasteiger partial charge >= 0.3 is 0 Å². The molecule has 0 heterocycles. The fourth-order valence-electron chi connectivity index (χ4n) is 2.70. The summed E-state index contributed by atoms with van der Waals surface area (Å²) in [5, 5.41) is 3.36. The highest BCUT2D eigenvalue weighted by Crippen LogP contribution is 2.48. The molecule has 1 heteroatoms. The molecule has 0 bridgehead atoms. The summed E-state index contributed by atoms with van der Waals surface area (Å²) in [7, 11) is 2.07. The van der Waals surface area contributed by atoms with Gasteiger partial charge in [-0.25, -0.2) is 0 Å². The summed E-state index contributed by atoms with van der Waals surface area (Å²) in [4.78, 5) is 0. The van der Waals surface area contributed by atoms with Crippen molar-refractivity contribution in [1.29, 1.82) is 0 Å². The zero-order chi connectivity index (χ0) is 13.4. The average molecular weight is 245 g/mol. The fraction of sp³-hybridized carbons (Fsp3) is 0.647. The number of hydrogen-bond acceptors (Lipinski definition) is 1. The first-order valence-electron chi connectivity index (χ1n) is 7.11. The van der Waals surface area contributed by atoms with E-state index in [4.69, 9.17) is 0 Å². The summed E-state index contributed by atoms with van der Waals surface area (Å²) in [6.07, 6.45) is 4.00. The van der Waals surface area contributed by atoms with Gasteiger partial charge in [0.05, 0.1) is 0 Å². The van der Waals surface area contributed by atoms with Gasteiger partial charge in [-0.15, -0.1) is 0 Å². The molecule has 1 fully saturated rings. The second-order valence-corrected chi connectivity index (χ2v) is 7.10. The number of rotatable bonds is 4. The smallest absolute Gasteiger partial charge is 0.000800 e. The Morgan fingerprint density at radius 3 is 2.39 bits per heavy atom. The molecule has 1 N–H and O–H groups in total. The second-order valence-electron chi connectivity index (χ2n) is 7.10. The Labute approximate surface area is 112 Å². The Balaban J connectivity index is 2.22. The fourth-order valence-corrected chi connectivity index (χ4v) is 2.70. The van der Waals surface area contributed by atoms with Crippen LogP contribution in [0.4, 0.5) is 0 Å². The first kappa shape index (κ1) is 13.6. The van der Waals surface area contributed by atoms with Crippen LogP contribution in [0.25, 0.3) is 0 Å². The van der Waals surface area contributed by atoms with E-state index < -0.39 is 0 Å². The van der Waals surface area contributed by atoms with Crippen LogP contribution in [0, 0.1) is 12.3 Å². The largest absolute Gasteiger partial charge is 0.319 e. The van der Waals surface area contributed by atoms with E-state index in [2.05, 4.69) is 58.3 Å². The van der Waals surface area contributed by atoms with Crippen LogP contribution in [0.15, 0.2) is 18.2 Å². The lowest BCUT2D eigenvalue weighted by molar-refractivity contribution is 0.476. The van der Waals surface area contributed by atoms with Crippen LogP contribution < -0.4 is 5.32 Å². The van der Waals surface area contributed by atoms with Gasteiger partial charge in [0.15, 0.2) is 0 Å². The predicted molar refractivity (Wildman–Crippen MR) is 79.2 cm³/mol. The third-order valence-corrected chi connectivity index (χ3v) is 4.29. The van der Waals surface area contributed by atoms with Gasteiger partial charge in [-0.3, -0.25) is 0 Å². The van der Waals surface area contributed by atoms with Gasteiger partial charge in [0.1, 0.15) is 0 Å². The number of aryl methyl sites for hydroxylation is 1. The summed E-state index contributed by atoms with van der Waals surface area (Å²) in [5.74, 6) is 0. The van der Waals surface area contributed by atoms with Crippen molar-refractivity contribution in [3.8, 4) is 0 Å². The molecule has 0 saturated heterocycles. The van der Waals surface area contributed by atoms with Crippen LogP contribution in [-0.4, -0.2) is 13.6 Å². The molecule has 1 saturated carbocycles. The van der Waals surface area contributed by atoms with Gasteiger partial charge in [0, 0.05) is 6.54 Å². The Bertz CT molecular complexity index is 422. The molecule has 0 unspecified atom stereocenters. The molecular weight excluding hydrogens is 218 g/mol. The molecule has 1 nitrogen and oxygen atoms in total. The van der Waals surface area contributed by atoms with Crippen LogP contribution in [0.5, 0.6) is 0 Å². The molecular formula is C17H27N. The summed E-state index contributed by atoms with van der Waals surface area (Å²) in [5.41, 5.74) is 5.27. The van der Waals surface area contributed by atoms with Crippen LogP contribution >= 0.6 is 0 Å². The Kier molecular flexibility index (Phi) is 3.55. The summed E-state index contributed by atoms with van der Waals surface area (Å²) in [6.45, 7) is 10.3. The Hall–Kier alpha value is -0.820. The normalized spacial score (nSPS) is 17.8. The summed E-state index contributed by atoms with van der Waals surface area (Å²) < 4.78 is 0. The van der Waals surface area contributed by atoms with Crippen LogP contribution in [0.1, 0.15) is 50.3 Å². The summed E-state index contributed by atoms with van der Waals surface area (Å²) in [6, 6.07) is 7.02. The van der Waals surface area contributed by atoms with Gasteiger partial charge in [-0.2, -0.15) is 0 Å². The van der Waals surface area contributed by atoms with Crippen molar-refractivity contribution in [2.24, 2.45) is 5.41 Å². The lowest BCUT2D eigenvalue weighted by Gasteiger charge is -2.22. The maximum atomic E-state index is 3.36. The molecule has 1 aromatic rings. The average Bonchev–Trinajstić information content (AvgIpc) is 3.00. The molecule has 1 aromatic carbocycles. The lowest BCUT2D eigenvalue weighted by Crippen LogP contribution is -2.22. The van der Waals surface area contributed by atoms with E-state index in [-0.39, 0.29) is 5.41 Å². The maximum absolute atomic E-state index is 3.36. The van der Waals surface area contributed by atoms with Crippen molar-refractivity contribution < 1.29 is 0 Å². The van der Waals surface area contributed by atoms with Gasteiger partial charge in [-0.05, 0) is 60.8 Å².